The number of rotatable bonds is 7. The van der Waals surface area contributed by atoms with Gasteiger partial charge >= 0.3 is 0 Å². The number of benzene rings is 2. The lowest BCUT2D eigenvalue weighted by atomic mass is 10.2. The molecular weight excluding hydrogens is 378 g/mol. The van der Waals surface area contributed by atoms with Gasteiger partial charge in [-0.1, -0.05) is 11.6 Å². The maximum atomic E-state index is 12.2. The Morgan fingerprint density at radius 1 is 1.23 bits per heavy atom. The predicted molar refractivity (Wildman–Crippen MR) is 97.6 cm³/mol. The molecular formula is C17H16ClN3O4S. The van der Waals surface area contributed by atoms with Crippen LogP contribution in [0.25, 0.3) is 0 Å². The Bertz CT molecular complexity index is 937. The number of carbonyl (C=O) groups is 1. The fraction of sp³-hybridized carbons (Fsp3) is 0.176. The molecule has 2 aromatic rings. The molecule has 136 valence electrons. The van der Waals surface area contributed by atoms with Gasteiger partial charge in [-0.3, -0.25) is 4.79 Å². The minimum Gasteiger partial charge on any atom is -0.497 e. The summed E-state index contributed by atoms with van der Waals surface area (Å²) >= 11 is 5.89. The monoisotopic (exact) mass is 393 g/mol. The van der Waals surface area contributed by atoms with Gasteiger partial charge in [-0.25, -0.2) is 13.1 Å². The van der Waals surface area contributed by atoms with Crippen LogP contribution in [0.4, 0.5) is 5.69 Å². The Kier molecular flexibility index (Phi) is 6.58. The highest BCUT2D eigenvalue weighted by molar-refractivity contribution is 7.89. The van der Waals surface area contributed by atoms with Crippen molar-refractivity contribution >= 4 is 33.2 Å². The van der Waals surface area contributed by atoms with E-state index in [1.807, 2.05) is 6.07 Å². The van der Waals surface area contributed by atoms with Crippen LogP contribution in [0.3, 0.4) is 0 Å². The zero-order valence-electron chi connectivity index (χ0n) is 13.8. The molecule has 0 spiro atoms. The summed E-state index contributed by atoms with van der Waals surface area (Å²) in [6, 6.07) is 12.3. The smallest absolute Gasteiger partial charge is 0.240 e. The normalized spacial score (nSPS) is 10.8. The van der Waals surface area contributed by atoms with E-state index < -0.39 is 10.0 Å². The summed E-state index contributed by atoms with van der Waals surface area (Å²) in [4.78, 5) is 12.0. The van der Waals surface area contributed by atoms with E-state index in [2.05, 4.69) is 10.0 Å². The Hall–Kier alpha value is -2.60. The number of anilines is 1. The van der Waals surface area contributed by atoms with E-state index in [9.17, 15) is 13.2 Å². The fourth-order valence-corrected chi connectivity index (χ4v) is 3.30. The van der Waals surface area contributed by atoms with Crippen LogP contribution in [-0.4, -0.2) is 28.0 Å². The van der Waals surface area contributed by atoms with Crippen molar-refractivity contribution < 1.29 is 17.9 Å². The van der Waals surface area contributed by atoms with Crippen molar-refractivity contribution in [1.82, 2.24) is 4.72 Å². The topological polar surface area (TPSA) is 108 Å². The van der Waals surface area contributed by atoms with Crippen LogP contribution in [0.2, 0.25) is 5.02 Å². The lowest BCUT2D eigenvalue weighted by Crippen LogP contribution is -2.27. The number of nitrogens with one attached hydrogen (secondary N) is 2. The molecule has 9 heteroatoms. The highest BCUT2D eigenvalue weighted by Crippen LogP contribution is 2.20. The van der Waals surface area contributed by atoms with E-state index in [0.717, 1.165) is 0 Å². The first-order chi connectivity index (χ1) is 12.4. The molecule has 7 nitrogen and oxygen atoms in total. The molecule has 0 bridgehead atoms. The van der Waals surface area contributed by atoms with Gasteiger partial charge in [0.2, 0.25) is 15.9 Å². The SMILES string of the molecule is COc1ccc(S(=O)(=O)NCCC(=O)Nc2ccc(C#N)c(Cl)c2)cc1. The minimum atomic E-state index is -3.71. The molecule has 0 heterocycles. The number of nitrogens with zero attached hydrogens (tertiary/aromatic N) is 1. The number of amides is 1. The van der Waals surface area contributed by atoms with E-state index in [1.165, 1.54) is 43.5 Å². The Morgan fingerprint density at radius 2 is 1.92 bits per heavy atom. The molecule has 0 aliphatic carbocycles. The average Bonchev–Trinajstić information content (AvgIpc) is 2.61. The number of ether oxygens (including phenoxy) is 1. The molecule has 0 unspecified atom stereocenters. The van der Waals surface area contributed by atoms with Crippen molar-refractivity contribution in [1.29, 1.82) is 5.26 Å². The maximum absolute atomic E-state index is 12.2. The Morgan fingerprint density at radius 3 is 2.50 bits per heavy atom. The lowest BCUT2D eigenvalue weighted by molar-refractivity contribution is -0.116. The second-order valence-corrected chi connectivity index (χ2v) is 7.35. The number of halogens is 1. The third-order valence-electron chi connectivity index (χ3n) is 3.39. The van der Waals surface area contributed by atoms with Crippen LogP contribution >= 0.6 is 11.6 Å². The van der Waals surface area contributed by atoms with Crippen LogP contribution < -0.4 is 14.8 Å². The van der Waals surface area contributed by atoms with Gasteiger partial charge in [-0.15, -0.1) is 0 Å². The van der Waals surface area contributed by atoms with Crippen molar-refractivity contribution in [3.8, 4) is 11.8 Å². The molecule has 2 rings (SSSR count). The highest BCUT2D eigenvalue weighted by Gasteiger charge is 2.14. The molecule has 2 N–H and O–H groups in total. The van der Waals surface area contributed by atoms with E-state index in [0.29, 0.717) is 17.0 Å². The van der Waals surface area contributed by atoms with E-state index >= 15 is 0 Å². The minimum absolute atomic E-state index is 0.0625. The van der Waals surface area contributed by atoms with Crippen molar-refractivity contribution in [2.24, 2.45) is 0 Å². The standard InChI is InChI=1S/C17H16ClN3O4S/c1-25-14-4-6-15(7-5-14)26(23,24)20-9-8-17(22)21-13-3-2-12(11-19)16(18)10-13/h2-7,10,20H,8-9H2,1H3,(H,21,22). The Balaban J connectivity index is 1.89. The van der Waals surface area contributed by atoms with Gasteiger partial charge in [0.05, 0.1) is 22.6 Å². The third kappa shape index (κ3) is 5.20. The molecule has 0 aliphatic heterocycles. The van der Waals surface area contributed by atoms with Gasteiger partial charge in [-0.05, 0) is 42.5 Å². The Labute approximate surface area is 156 Å². The summed E-state index contributed by atoms with van der Waals surface area (Å²) in [5.41, 5.74) is 0.730. The molecule has 0 radical (unpaired) electrons. The first-order valence-electron chi connectivity index (χ1n) is 7.49. The van der Waals surface area contributed by atoms with E-state index in [-0.39, 0.29) is 28.8 Å². The van der Waals surface area contributed by atoms with Crippen LogP contribution in [-0.2, 0) is 14.8 Å². The molecule has 0 aliphatic rings. The quantitative estimate of drug-likeness (QED) is 0.751. The summed E-state index contributed by atoms with van der Waals surface area (Å²) in [6.45, 7) is -0.0653. The van der Waals surface area contributed by atoms with Gasteiger partial charge in [0.25, 0.3) is 0 Å². The summed E-state index contributed by atoms with van der Waals surface area (Å²) in [7, 11) is -2.22. The van der Waals surface area contributed by atoms with Crippen molar-refractivity contribution in [3.63, 3.8) is 0 Å². The number of nitriles is 1. The molecule has 2 aromatic carbocycles. The van der Waals surface area contributed by atoms with Crippen molar-refractivity contribution in [2.75, 3.05) is 19.0 Å². The summed E-state index contributed by atoms with van der Waals surface area (Å²) in [5.74, 6) is 0.160. The third-order valence-corrected chi connectivity index (χ3v) is 5.18. The van der Waals surface area contributed by atoms with Gasteiger partial charge < -0.3 is 10.1 Å². The maximum Gasteiger partial charge on any atom is 0.240 e. The molecule has 26 heavy (non-hydrogen) atoms. The predicted octanol–water partition coefficient (Wildman–Crippen LogP) is 2.53. The largest absolute Gasteiger partial charge is 0.497 e. The summed E-state index contributed by atoms with van der Waals surface area (Å²) in [5, 5.41) is 11.6. The molecule has 0 aromatic heterocycles. The first kappa shape index (κ1) is 19.7. The summed E-state index contributed by atoms with van der Waals surface area (Å²) in [6.07, 6.45) is -0.0625. The number of carbonyl (C=O) groups excluding carboxylic acids is 1. The van der Waals surface area contributed by atoms with E-state index in [4.69, 9.17) is 21.6 Å². The van der Waals surface area contributed by atoms with Gasteiger partial charge in [-0.2, -0.15) is 5.26 Å². The van der Waals surface area contributed by atoms with Crippen molar-refractivity contribution in [2.45, 2.75) is 11.3 Å². The number of hydrogen-bond acceptors (Lipinski definition) is 5. The molecule has 1 amide bonds. The average molecular weight is 394 g/mol. The zero-order valence-corrected chi connectivity index (χ0v) is 15.4. The van der Waals surface area contributed by atoms with Crippen LogP contribution in [0.5, 0.6) is 5.75 Å². The molecule has 0 atom stereocenters. The first-order valence-corrected chi connectivity index (χ1v) is 9.35. The highest BCUT2D eigenvalue weighted by atomic mass is 35.5. The molecule has 0 saturated carbocycles. The van der Waals surface area contributed by atoms with Crippen LogP contribution in [0.15, 0.2) is 47.4 Å². The number of sulfonamides is 1. The second kappa shape index (κ2) is 8.67. The molecule has 0 fully saturated rings. The lowest BCUT2D eigenvalue weighted by Gasteiger charge is -2.09. The second-order valence-electron chi connectivity index (χ2n) is 5.18. The van der Waals surface area contributed by atoms with Gasteiger partial charge in [0.15, 0.2) is 0 Å². The van der Waals surface area contributed by atoms with Crippen molar-refractivity contribution in [3.05, 3.63) is 53.1 Å². The van der Waals surface area contributed by atoms with Gasteiger partial charge in [0.1, 0.15) is 11.8 Å². The fourth-order valence-electron chi connectivity index (χ4n) is 2.04. The zero-order chi connectivity index (χ0) is 19.2. The number of methoxy groups -OCH3 is 1. The van der Waals surface area contributed by atoms with Crippen LogP contribution in [0, 0.1) is 11.3 Å². The summed E-state index contributed by atoms with van der Waals surface area (Å²) < 4.78 is 31.6. The van der Waals surface area contributed by atoms with Gasteiger partial charge in [0, 0.05) is 18.7 Å². The van der Waals surface area contributed by atoms with E-state index in [1.54, 1.807) is 6.07 Å². The number of hydrogen-bond donors (Lipinski definition) is 2. The van der Waals surface area contributed by atoms with Crippen LogP contribution in [0.1, 0.15) is 12.0 Å². The molecule has 0 saturated heterocycles.